The fourth-order valence-electron chi connectivity index (χ4n) is 1.99. The number of ether oxygens (including phenoxy) is 1. The average molecular weight is 278 g/mol. The number of nitrogens with two attached hydrogens (primary N) is 1. The Balaban J connectivity index is 2.80. The maximum Gasteiger partial charge on any atom is 0.340 e. The third-order valence-electron chi connectivity index (χ3n) is 3.12. The van der Waals surface area contributed by atoms with E-state index in [9.17, 15) is 4.79 Å². The number of hydrogen-bond acceptors (Lipinski definition) is 4. The lowest BCUT2D eigenvalue weighted by Gasteiger charge is -2.18. The number of benzene rings is 1. The second-order valence-electron chi connectivity index (χ2n) is 5.54. The highest BCUT2D eigenvalue weighted by atomic mass is 16.5. The molecule has 0 saturated heterocycles. The monoisotopic (exact) mass is 278 g/mol. The summed E-state index contributed by atoms with van der Waals surface area (Å²) in [5.41, 5.74) is 7.61. The largest absolute Gasteiger partial charge is 0.462 e. The van der Waals surface area contributed by atoms with Gasteiger partial charge in [0.15, 0.2) is 0 Å². The van der Waals surface area contributed by atoms with Crippen LogP contribution in [0.5, 0.6) is 0 Å². The second kappa shape index (κ2) is 7.78. The number of anilines is 2. The van der Waals surface area contributed by atoms with Gasteiger partial charge >= 0.3 is 5.97 Å². The molecule has 0 saturated carbocycles. The summed E-state index contributed by atoms with van der Waals surface area (Å²) in [4.78, 5) is 11.9. The summed E-state index contributed by atoms with van der Waals surface area (Å²) in [6.07, 6.45) is 2.21. The fourth-order valence-corrected chi connectivity index (χ4v) is 1.99. The van der Waals surface area contributed by atoms with Crippen LogP contribution in [0, 0.1) is 5.92 Å². The molecule has 0 spiro atoms. The lowest BCUT2D eigenvalue weighted by atomic mass is 10.0. The first-order chi connectivity index (χ1) is 9.43. The van der Waals surface area contributed by atoms with E-state index in [4.69, 9.17) is 10.5 Å². The van der Waals surface area contributed by atoms with Crippen molar-refractivity contribution in [2.45, 2.75) is 46.6 Å². The molecule has 0 aliphatic carbocycles. The molecule has 0 aliphatic rings. The zero-order valence-electron chi connectivity index (χ0n) is 12.9. The quantitative estimate of drug-likeness (QED) is 0.590. The first kappa shape index (κ1) is 16.3. The summed E-state index contributed by atoms with van der Waals surface area (Å²) < 4.78 is 5.07. The Kier molecular flexibility index (Phi) is 6.36. The van der Waals surface area contributed by atoms with E-state index in [-0.39, 0.29) is 5.97 Å². The minimum Gasteiger partial charge on any atom is -0.462 e. The predicted molar refractivity (Wildman–Crippen MR) is 84.0 cm³/mol. The van der Waals surface area contributed by atoms with Gasteiger partial charge in [-0.3, -0.25) is 0 Å². The van der Waals surface area contributed by atoms with Crippen molar-refractivity contribution in [3.63, 3.8) is 0 Å². The molecule has 4 heteroatoms. The average Bonchev–Trinajstić information content (AvgIpc) is 2.38. The van der Waals surface area contributed by atoms with E-state index >= 15 is 0 Å². The molecular weight excluding hydrogens is 252 g/mol. The number of nitrogen functional groups attached to an aromatic ring is 1. The molecule has 1 aromatic rings. The van der Waals surface area contributed by atoms with Crippen molar-refractivity contribution < 1.29 is 9.53 Å². The lowest BCUT2D eigenvalue weighted by molar-refractivity contribution is 0.0527. The van der Waals surface area contributed by atoms with Gasteiger partial charge in [-0.05, 0) is 50.8 Å². The van der Waals surface area contributed by atoms with Gasteiger partial charge in [-0.25, -0.2) is 4.79 Å². The van der Waals surface area contributed by atoms with Gasteiger partial charge in [-0.2, -0.15) is 0 Å². The number of hydrogen-bond donors (Lipinski definition) is 2. The number of nitrogens with one attached hydrogen (secondary N) is 1. The highest BCUT2D eigenvalue weighted by Crippen LogP contribution is 2.22. The Hall–Kier alpha value is -1.71. The maximum atomic E-state index is 11.9. The molecule has 0 amide bonds. The smallest absolute Gasteiger partial charge is 0.340 e. The van der Waals surface area contributed by atoms with Crippen molar-refractivity contribution >= 4 is 17.3 Å². The number of carbonyl (C=O) groups is 1. The van der Waals surface area contributed by atoms with Crippen molar-refractivity contribution in [2.75, 3.05) is 17.7 Å². The normalized spacial score (nSPS) is 12.2. The van der Waals surface area contributed by atoms with Crippen LogP contribution in [0.25, 0.3) is 0 Å². The van der Waals surface area contributed by atoms with E-state index in [0.29, 0.717) is 29.8 Å². The summed E-state index contributed by atoms with van der Waals surface area (Å²) >= 11 is 0. The van der Waals surface area contributed by atoms with Crippen LogP contribution in [-0.2, 0) is 4.74 Å². The second-order valence-corrected chi connectivity index (χ2v) is 5.54. The molecule has 0 bridgehead atoms. The molecule has 3 N–H and O–H groups in total. The highest BCUT2D eigenvalue weighted by Gasteiger charge is 2.14. The Morgan fingerprint density at radius 3 is 2.60 bits per heavy atom. The van der Waals surface area contributed by atoms with Gasteiger partial charge in [-0.1, -0.05) is 13.8 Å². The first-order valence-corrected chi connectivity index (χ1v) is 7.27. The van der Waals surface area contributed by atoms with Crippen molar-refractivity contribution in [3.8, 4) is 0 Å². The van der Waals surface area contributed by atoms with E-state index in [1.165, 1.54) is 0 Å². The summed E-state index contributed by atoms with van der Waals surface area (Å²) in [6.45, 7) is 8.69. The third kappa shape index (κ3) is 5.11. The van der Waals surface area contributed by atoms with E-state index in [1.54, 1.807) is 19.1 Å². The van der Waals surface area contributed by atoms with Crippen LogP contribution in [0.2, 0.25) is 0 Å². The molecule has 4 nitrogen and oxygen atoms in total. The van der Waals surface area contributed by atoms with Crippen LogP contribution >= 0.6 is 0 Å². The zero-order chi connectivity index (χ0) is 15.1. The fraction of sp³-hybridized carbons (Fsp3) is 0.562. The van der Waals surface area contributed by atoms with Crippen LogP contribution in [-0.4, -0.2) is 18.6 Å². The van der Waals surface area contributed by atoms with Crippen molar-refractivity contribution in [3.05, 3.63) is 23.8 Å². The van der Waals surface area contributed by atoms with Gasteiger partial charge in [-0.15, -0.1) is 0 Å². The number of carbonyl (C=O) groups excluding carboxylic acids is 1. The van der Waals surface area contributed by atoms with Crippen LogP contribution in [0.1, 0.15) is 50.9 Å². The van der Waals surface area contributed by atoms with Crippen LogP contribution in [0.15, 0.2) is 18.2 Å². The molecule has 0 aromatic heterocycles. The minimum absolute atomic E-state index is 0.300. The molecule has 1 aromatic carbocycles. The van der Waals surface area contributed by atoms with Crippen molar-refractivity contribution in [1.82, 2.24) is 0 Å². The molecule has 0 aliphatic heterocycles. The summed E-state index contributed by atoms with van der Waals surface area (Å²) in [5.74, 6) is 0.341. The molecule has 0 radical (unpaired) electrons. The minimum atomic E-state index is -0.335. The van der Waals surface area contributed by atoms with E-state index in [2.05, 4.69) is 26.1 Å². The summed E-state index contributed by atoms with van der Waals surface area (Å²) in [7, 11) is 0. The summed E-state index contributed by atoms with van der Waals surface area (Å²) in [5, 5.41) is 3.38. The first-order valence-electron chi connectivity index (χ1n) is 7.27. The Labute approximate surface area is 121 Å². The van der Waals surface area contributed by atoms with Crippen LogP contribution in [0.4, 0.5) is 11.4 Å². The van der Waals surface area contributed by atoms with Crippen LogP contribution < -0.4 is 11.1 Å². The Bertz CT molecular complexity index is 444. The maximum absolute atomic E-state index is 11.9. The molecular formula is C16H26N2O2. The zero-order valence-corrected chi connectivity index (χ0v) is 12.9. The number of esters is 1. The summed E-state index contributed by atoms with van der Waals surface area (Å²) in [6, 6.07) is 5.60. The van der Waals surface area contributed by atoms with Gasteiger partial charge in [0, 0.05) is 17.4 Å². The molecule has 1 unspecified atom stereocenters. The van der Waals surface area contributed by atoms with Crippen molar-refractivity contribution in [1.29, 1.82) is 0 Å². The Morgan fingerprint density at radius 1 is 1.30 bits per heavy atom. The predicted octanol–water partition coefficient (Wildman–Crippen LogP) is 3.68. The third-order valence-corrected chi connectivity index (χ3v) is 3.12. The lowest BCUT2D eigenvalue weighted by Crippen LogP contribution is -2.19. The topological polar surface area (TPSA) is 64.3 Å². The molecule has 0 fully saturated rings. The number of rotatable bonds is 7. The van der Waals surface area contributed by atoms with Gasteiger partial charge in [0.2, 0.25) is 0 Å². The Morgan fingerprint density at radius 2 is 2.00 bits per heavy atom. The standard InChI is InChI=1S/C16H26N2O2/c1-5-20-16(19)14-10-13(17)8-9-15(14)18-12(4)7-6-11(2)3/h8-12,18H,5-7,17H2,1-4H3. The van der Waals surface area contributed by atoms with Crippen molar-refractivity contribution in [2.24, 2.45) is 5.92 Å². The van der Waals surface area contributed by atoms with E-state index in [0.717, 1.165) is 18.5 Å². The van der Waals surface area contributed by atoms with Crippen LogP contribution in [0.3, 0.4) is 0 Å². The molecule has 1 rings (SSSR count). The molecule has 20 heavy (non-hydrogen) atoms. The van der Waals surface area contributed by atoms with Gasteiger partial charge in [0.25, 0.3) is 0 Å². The molecule has 1 atom stereocenters. The molecule has 0 heterocycles. The molecule has 112 valence electrons. The van der Waals surface area contributed by atoms with Gasteiger partial charge in [0.05, 0.1) is 12.2 Å². The highest BCUT2D eigenvalue weighted by molar-refractivity contribution is 5.96. The van der Waals surface area contributed by atoms with Gasteiger partial charge < -0.3 is 15.8 Å². The van der Waals surface area contributed by atoms with E-state index in [1.807, 2.05) is 6.07 Å². The van der Waals surface area contributed by atoms with Gasteiger partial charge in [0.1, 0.15) is 0 Å². The SMILES string of the molecule is CCOC(=O)c1cc(N)ccc1NC(C)CCC(C)C. The van der Waals surface area contributed by atoms with E-state index < -0.39 is 0 Å².